The number of nitrogens with one attached hydrogen (secondary N) is 1. The molecule has 118 valence electrons. The lowest BCUT2D eigenvalue weighted by molar-refractivity contribution is -0.140. The Morgan fingerprint density at radius 1 is 1.29 bits per heavy atom. The van der Waals surface area contributed by atoms with Crippen molar-refractivity contribution >= 4 is 21.9 Å². The van der Waals surface area contributed by atoms with Crippen LogP contribution in [0.4, 0.5) is 18.9 Å². The molecular weight excluding hydrogens is 313 g/mol. The number of ether oxygens (including phenoxy) is 1. The lowest BCUT2D eigenvalue weighted by Gasteiger charge is -2.18. The van der Waals surface area contributed by atoms with E-state index in [0.717, 1.165) is 20.2 Å². The van der Waals surface area contributed by atoms with Crippen molar-refractivity contribution in [2.45, 2.75) is 6.42 Å². The van der Waals surface area contributed by atoms with E-state index < -0.39 is 39.3 Å². The van der Waals surface area contributed by atoms with Gasteiger partial charge in [0.05, 0.1) is 19.2 Å². The second kappa shape index (κ2) is 6.76. The molecule has 0 radical (unpaired) electrons. The first-order valence-electron chi connectivity index (χ1n) is 5.63. The van der Waals surface area contributed by atoms with Crippen LogP contribution in [0.5, 0.6) is 0 Å². The molecule has 0 aliphatic rings. The van der Waals surface area contributed by atoms with Gasteiger partial charge in [0.15, 0.2) is 17.5 Å². The molecule has 1 rings (SSSR count). The van der Waals surface area contributed by atoms with Gasteiger partial charge in [0, 0.05) is 13.6 Å². The number of esters is 1. The normalized spacial score (nSPS) is 11.5. The number of rotatable bonds is 6. The molecule has 0 heterocycles. The standard InChI is InChI=1S/C11H13F3N2O4S/c1-16(6-5-9(17)20-2)21(18,19)15-8-4-3-7(12)10(13)11(8)14/h3-4,15H,5-6H2,1-2H3. The summed E-state index contributed by atoms with van der Waals surface area (Å²) in [5.74, 6) is -5.50. The maximum atomic E-state index is 13.4. The third kappa shape index (κ3) is 4.33. The zero-order valence-corrected chi connectivity index (χ0v) is 12.0. The highest BCUT2D eigenvalue weighted by Gasteiger charge is 2.22. The number of carbonyl (C=O) groups is 1. The topological polar surface area (TPSA) is 75.7 Å². The van der Waals surface area contributed by atoms with Crippen molar-refractivity contribution in [3.8, 4) is 0 Å². The van der Waals surface area contributed by atoms with Crippen LogP contribution in [-0.4, -0.2) is 39.4 Å². The molecule has 1 N–H and O–H groups in total. The number of carbonyl (C=O) groups excluding carboxylic acids is 1. The molecule has 0 unspecified atom stereocenters. The summed E-state index contributed by atoms with van der Waals surface area (Å²) in [6.45, 7) is -0.229. The van der Waals surface area contributed by atoms with Crippen molar-refractivity contribution in [1.82, 2.24) is 4.31 Å². The molecule has 6 nitrogen and oxygen atoms in total. The summed E-state index contributed by atoms with van der Waals surface area (Å²) in [6, 6.07) is 1.34. The van der Waals surface area contributed by atoms with Crippen molar-refractivity contribution in [2.24, 2.45) is 0 Å². The van der Waals surface area contributed by atoms with Crippen LogP contribution in [0, 0.1) is 17.5 Å². The molecule has 0 aliphatic carbocycles. The van der Waals surface area contributed by atoms with Crippen molar-refractivity contribution < 1.29 is 31.1 Å². The number of methoxy groups -OCH3 is 1. The summed E-state index contributed by atoms with van der Waals surface area (Å²) in [4.78, 5) is 10.9. The maximum Gasteiger partial charge on any atom is 0.306 e. The number of halogens is 3. The third-order valence-corrected chi connectivity index (χ3v) is 4.02. The van der Waals surface area contributed by atoms with Crippen LogP contribution in [0.1, 0.15) is 6.42 Å². The molecule has 10 heteroatoms. The van der Waals surface area contributed by atoms with Crippen LogP contribution in [0.2, 0.25) is 0 Å². The van der Waals surface area contributed by atoms with Gasteiger partial charge in [-0.3, -0.25) is 9.52 Å². The molecule has 0 fully saturated rings. The Hall–Kier alpha value is -1.81. The summed E-state index contributed by atoms with van der Waals surface area (Å²) >= 11 is 0. The highest BCUT2D eigenvalue weighted by molar-refractivity contribution is 7.90. The first-order chi connectivity index (χ1) is 9.69. The Balaban J connectivity index is 2.85. The number of nitrogens with zero attached hydrogens (tertiary/aromatic N) is 1. The van der Waals surface area contributed by atoms with Gasteiger partial charge in [0.25, 0.3) is 0 Å². The van der Waals surface area contributed by atoms with Crippen molar-refractivity contribution in [2.75, 3.05) is 25.4 Å². The Kier molecular flexibility index (Phi) is 5.55. The van der Waals surface area contributed by atoms with Crippen LogP contribution < -0.4 is 4.72 Å². The second-order valence-electron chi connectivity index (χ2n) is 3.98. The minimum atomic E-state index is -4.22. The van der Waals surface area contributed by atoms with Gasteiger partial charge in [-0.1, -0.05) is 0 Å². The molecule has 0 saturated heterocycles. The smallest absolute Gasteiger partial charge is 0.306 e. The zero-order valence-electron chi connectivity index (χ0n) is 11.2. The molecular formula is C11H13F3N2O4S. The first-order valence-corrected chi connectivity index (χ1v) is 7.07. The van der Waals surface area contributed by atoms with Gasteiger partial charge in [-0.2, -0.15) is 12.7 Å². The molecule has 0 atom stereocenters. The predicted octanol–water partition coefficient (Wildman–Crippen LogP) is 1.26. The monoisotopic (exact) mass is 326 g/mol. The Morgan fingerprint density at radius 3 is 2.48 bits per heavy atom. The van der Waals surface area contributed by atoms with Gasteiger partial charge in [-0.15, -0.1) is 0 Å². The minimum Gasteiger partial charge on any atom is -0.469 e. The van der Waals surface area contributed by atoms with Crippen LogP contribution in [0.3, 0.4) is 0 Å². The highest BCUT2D eigenvalue weighted by Crippen LogP contribution is 2.21. The quantitative estimate of drug-likeness (QED) is 0.631. The number of hydrogen-bond donors (Lipinski definition) is 1. The van der Waals surface area contributed by atoms with E-state index in [1.807, 2.05) is 0 Å². The molecule has 0 aliphatic heterocycles. The van der Waals surface area contributed by atoms with Gasteiger partial charge in [-0.25, -0.2) is 13.2 Å². The maximum absolute atomic E-state index is 13.4. The average Bonchev–Trinajstić information content (AvgIpc) is 2.44. The summed E-state index contributed by atoms with van der Waals surface area (Å²) < 4.78 is 69.6. The largest absolute Gasteiger partial charge is 0.469 e. The predicted molar refractivity (Wildman–Crippen MR) is 68.1 cm³/mol. The SMILES string of the molecule is COC(=O)CCN(C)S(=O)(=O)Nc1ccc(F)c(F)c1F. The number of hydrogen-bond acceptors (Lipinski definition) is 4. The van der Waals surface area contributed by atoms with E-state index in [1.165, 1.54) is 0 Å². The summed E-state index contributed by atoms with van der Waals surface area (Å²) in [7, 11) is -1.95. The van der Waals surface area contributed by atoms with E-state index in [4.69, 9.17) is 0 Å². The number of anilines is 1. The van der Waals surface area contributed by atoms with Gasteiger partial charge in [-0.05, 0) is 12.1 Å². The van der Waals surface area contributed by atoms with Crippen LogP contribution >= 0.6 is 0 Å². The van der Waals surface area contributed by atoms with Crippen LogP contribution in [0.15, 0.2) is 12.1 Å². The fraction of sp³-hybridized carbons (Fsp3) is 0.364. The molecule has 1 aromatic carbocycles. The van der Waals surface area contributed by atoms with E-state index in [-0.39, 0.29) is 13.0 Å². The summed E-state index contributed by atoms with van der Waals surface area (Å²) in [5.41, 5.74) is -0.737. The lowest BCUT2D eigenvalue weighted by Crippen LogP contribution is -2.34. The van der Waals surface area contributed by atoms with Crippen molar-refractivity contribution in [3.63, 3.8) is 0 Å². The Bertz CT molecular complexity index is 637. The van der Waals surface area contributed by atoms with Gasteiger partial charge >= 0.3 is 16.2 Å². The van der Waals surface area contributed by atoms with Gasteiger partial charge < -0.3 is 4.74 Å². The van der Waals surface area contributed by atoms with Crippen molar-refractivity contribution in [1.29, 1.82) is 0 Å². The Morgan fingerprint density at radius 2 is 1.90 bits per heavy atom. The number of benzene rings is 1. The molecule has 0 spiro atoms. The second-order valence-corrected chi connectivity index (χ2v) is 5.76. The first kappa shape index (κ1) is 17.2. The van der Waals surface area contributed by atoms with E-state index >= 15 is 0 Å². The molecule has 0 aromatic heterocycles. The van der Waals surface area contributed by atoms with Gasteiger partial charge in [0.1, 0.15) is 0 Å². The molecule has 21 heavy (non-hydrogen) atoms. The minimum absolute atomic E-state index is 0.214. The fourth-order valence-electron chi connectivity index (χ4n) is 1.29. The summed E-state index contributed by atoms with van der Waals surface area (Å²) in [6.07, 6.45) is -0.214. The lowest BCUT2D eigenvalue weighted by atomic mass is 10.3. The third-order valence-electron chi connectivity index (χ3n) is 2.54. The van der Waals surface area contributed by atoms with Crippen LogP contribution in [-0.2, 0) is 19.7 Å². The van der Waals surface area contributed by atoms with E-state index in [0.29, 0.717) is 10.4 Å². The molecule has 0 bridgehead atoms. The van der Waals surface area contributed by atoms with Crippen LogP contribution in [0.25, 0.3) is 0 Å². The molecule has 1 aromatic rings. The van der Waals surface area contributed by atoms with Crippen molar-refractivity contribution in [3.05, 3.63) is 29.6 Å². The van der Waals surface area contributed by atoms with E-state index in [1.54, 1.807) is 4.72 Å². The van der Waals surface area contributed by atoms with E-state index in [2.05, 4.69) is 4.74 Å². The zero-order chi connectivity index (χ0) is 16.2. The van der Waals surface area contributed by atoms with Gasteiger partial charge in [0.2, 0.25) is 0 Å². The summed E-state index contributed by atoms with van der Waals surface area (Å²) in [5, 5.41) is 0. The molecule has 0 saturated carbocycles. The Labute approximate surface area is 119 Å². The highest BCUT2D eigenvalue weighted by atomic mass is 32.2. The van der Waals surface area contributed by atoms with E-state index in [9.17, 15) is 26.4 Å². The average molecular weight is 326 g/mol. The fourth-order valence-corrected chi connectivity index (χ4v) is 2.22. The molecule has 0 amide bonds.